The third kappa shape index (κ3) is 3.24. The van der Waals surface area contributed by atoms with Crippen molar-refractivity contribution in [3.63, 3.8) is 0 Å². The fraction of sp³-hybridized carbons (Fsp3) is 0.600. The van der Waals surface area contributed by atoms with Crippen molar-refractivity contribution >= 4 is 5.69 Å². The van der Waals surface area contributed by atoms with Crippen LogP contribution in [0.2, 0.25) is 0 Å². The number of benzene rings is 1. The molecule has 0 amide bonds. The molecule has 0 saturated carbocycles. The molecule has 0 aromatic heterocycles. The van der Waals surface area contributed by atoms with Gasteiger partial charge in [-0.3, -0.25) is 0 Å². The number of nitrogens with zero attached hydrogens (tertiary/aromatic N) is 1. The number of para-hydroxylation sites is 1. The average molecular weight is 248 g/mol. The molecule has 1 aliphatic rings. The van der Waals surface area contributed by atoms with Crippen LogP contribution in [0.4, 0.5) is 5.69 Å². The number of aliphatic hydroxyl groups is 1. The lowest BCUT2D eigenvalue weighted by molar-refractivity contribution is 0.208. The number of aliphatic hydroxyl groups excluding tert-OH is 1. The van der Waals surface area contributed by atoms with Crippen LogP contribution in [-0.2, 0) is 6.54 Å². The van der Waals surface area contributed by atoms with E-state index in [1.165, 1.54) is 17.7 Å². The fourth-order valence-corrected chi connectivity index (χ4v) is 2.66. The van der Waals surface area contributed by atoms with Crippen LogP contribution in [0.15, 0.2) is 24.3 Å². The van der Waals surface area contributed by atoms with E-state index in [0.717, 1.165) is 32.6 Å². The molecule has 2 N–H and O–H groups in total. The van der Waals surface area contributed by atoms with E-state index in [1.54, 1.807) is 0 Å². The van der Waals surface area contributed by atoms with Gasteiger partial charge in [0.1, 0.15) is 0 Å². The van der Waals surface area contributed by atoms with Gasteiger partial charge in [0.2, 0.25) is 0 Å². The Hall–Kier alpha value is -1.06. The minimum atomic E-state index is 0.311. The van der Waals surface area contributed by atoms with E-state index in [2.05, 4.69) is 41.4 Å². The van der Waals surface area contributed by atoms with Crippen LogP contribution in [-0.4, -0.2) is 31.3 Å². The summed E-state index contributed by atoms with van der Waals surface area (Å²) in [6.45, 7) is 6.46. The zero-order valence-corrected chi connectivity index (χ0v) is 11.2. The Kier molecular flexibility index (Phi) is 5.02. The highest BCUT2D eigenvalue weighted by Crippen LogP contribution is 2.26. The van der Waals surface area contributed by atoms with E-state index in [9.17, 15) is 5.11 Å². The van der Waals surface area contributed by atoms with Gasteiger partial charge in [0.25, 0.3) is 0 Å². The monoisotopic (exact) mass is 248 g/mol. The highest BCUT2D eigenvalue weighted by atomic mass is 16.3. The molecule has 1 aromatic rings. The van der Waals surface area contributed by atoms with E-state index >= 15 is 0 Å². The number of anilines is 1. The molecule has 2 rings (SSSR count). The number of piperidine rings is 1. The third-order valence-electron chi connectivity index (χ3n) is 3.67. The molecule has 100 valence electrons. The van der Waals surface area contributed by atoms with Gasteiger partial charge in [-0.05, 0) is 36.9 Å². The van der Waals surface area contributed by atoms with Gasteiger partial charge in [0.05, 0.1) is 0 Å². The average Bonchev–Trinajstić information content (AvgIpc) is 2.45. The summed E-state index contributed by atoms with van der Waals surface area (Å²) in [5.74, 6) is 0.436. The second-order valence-corrected chi connectivity index (χ2v) is 5.05. The maximum Gasteiger partial charge on any atom is 0.0476 e. The molecular formula is C15H24N2O. The van der Waals surface area contributed by atoms with Gasteiger partial charge in [-0.25, -0.2) is 0 Å². The summed E-state index contributed by atoms with van der Waals surface area (Å²) in [6.07, 6.45) is 2.34. The highest BCUT2D eigenvalue weighted by molar-refractivity contribution is 5.54. The standard InChI is InChI=1S/C15H24N2O/c1-2-16-10-14-7-3-4-8-15(14)17-9-5-6-13(11-17)12-18/h3-4,7-8,13,16,18H,2,5-6,9-12H2,1H3. The summed E-state index contributed by atoms with van der Waals surface area (Å²) >= 11 is 0. The molecule has 1 aliphatic heterocycles. The Morgan fingerprint density at radius 1 is 1.39 bits per heavy atom. The fourth-order valence-electron chi connectivity index (χ4n) is 2.66. The van der Waals surface area contributed by atoms with E-state index in [1.807, 2.05) is 0 Å². The van der Waals surface area contributed by atoms with E-state index in [0.29, 0.717) is 12.5 Å². The molecule has 0 radical (unpaired) electrons. The van der Waals surface area contributed by atoms with Crippen LogP contribution in [0.3, 0.4) is 0 Å². The maximum atomic E-state index is 9.33. The first-order chi connectivity index (χ1) is 8.85. The second kappa shape index (κ2) is 6.76. The summed E-state index contributed by atoms with van der Waals surface area (Å²) in [5.41, 5.74) is 2.69. The quantitative estimate of drug-likeness (QED) is 0.836. The zero-order valence-electron chi connectivity index (χ0n) is 11.2. The first-order valence-electron chi connectivity index (χ1n) is 6.99. The molecule has 0 aliphatic carbocycles. The summed E-state index contributed by atoms with van der Waals surface area (Å²) in [4.78, 5) is 2.43. The predicted octanol–water partition coefficient (Wildman–Crippen LogP) is 2.00. The van der Waals surface area contributed by atoms with Gasteiger partial charge in [-0.15, -0.1) is 0 Å². The van der Waals surface area contributed by atoms with Crippen LogP contribution in [0.1, 0.15) is 25.3 Å². The van der Waals surface area contributed by atoms with Gasteiger partial charge in [-0.1, -0.05) is 25.1 Å². The Balaban J connectivity index is 2.11. The minimum absolute atomic E-state index is 0.311. The van der Waals surface area contributed by atoms with Crippen LogP contribution in [0.5, 0.6) is 0 Å². The zero-order chi connectivity index (χ0) is 12.8. The second-order valence-electron chi connectivity index (χ2n) is 5.05. The van der Waals surface area contributed by atoms with Crippen molar-refractivity contribution < 1.29 is 5.11 Å². The molecule has 0 spiro atoms. The number of rotatable bonds is 5. The summed E-state index contributed by atoms with van der Waals surface area (Å²) in [7, 11) is 0. The van der Waals surface area contributed by atoms with E-state index < -0.39 is 0 Å². The summed E-state index contributed by atoms with van der Waals surface area (Å²) in [6, 6.07) is 8.60. The number of nitrogens with one attached hydrogen (secondary N) is 1. The van der Waals surface area contributed by atoms with Gasteiger partial charge < -0.3 is 15.3 Å². The molecule has 18 heavy (non-hydrogen) atoms. The van der Waals surface area contributed by atoms with Crippen molar-refractivity contribution in [1.29, 1.82) is 0 Å². The van der Waals surface area contributed by atoms with Crippen LogP contribution in [0, 0.1) is 5.92 Å². The molecule has 1 saturated heterocycles. The third-order valence-corrected chi connectivity index (χ3v) is 3.67. The van der Waals surface area contributed by atoms with E-state index in [4.69, 9.17) is 0 Å². The van der Waals surface area contributed by atoms with Crippen molar-refractivity contribution in [3.8, 4) is 0 Å². The van der Waals surface area contributed by atoms with Crippen molar-refractivity contribution in [2.45, 2.75) is 26.3 Å². The van der Waals surface area contributed by atoms with Crippen LogP contribution >= 0.6 is 0 Å². The molecule has 1 aromatic carbocycles. The number of hydrogen-bond donors (Lipinski definition) is 2. The molecule has 0 bridgehead atoms. The molecule has 1 heterocycles. The van der Waals surface area contributed by atoms with E-state index in [-0.39, 0.29) is 0 Å². The normalized spacial score (nSPS) is 20.1. The smallest absolute Gasteiger partial charge is 0.0476 e. The SMILES string of the molecule is CCNCc1ccccc1N1CCCC(CO)C1. The molecule has 1 unspecified atom stereocenters. The molecule has 1 fully saturated rings. The first-order valence-corrected chi connectivity index (χ1v) is 6.99. The number of hydrogen-bond acceptors (Lipinski definition) is 3. The van der Waals surface area contributed by atoms with Crippen molar-refractivity contribution in [3.05, 3.63) is 29.8 Å². The van der Waals surface area contributed by atoms with Crippen LogP contribution in [0.25, 0.3) is 0 Å². The summed E-state index contributed by atoms with van der Waals surface area (Å²) in [5, 5.41) is 12.7. The lowest BCUT2D eigenvalue weighted by Crippen LogP contribution is -2.37. The van der Waals surface area contributed by atoms with Gasteiger partial charge in [0.15, 0.2) is 0 Å². The Bertz CT molecular complexity index is 367. The van der Waals surface area contributed by atoms with Crippen molar-refractivity contribution in [1.82, 2.24) is 5.32 Å². The Labute approximate surface area is 110 Å². The highest BCUT2D eigenvalue weighted by Gasteiger charge is 2.20. The van der Waals surface area contributed by atoms with Gasteiger partial charge >= 0.3 is 0 Å². The topological polar surface area (TPSA) is 35.5 Å². The lowest BCUT2D eigenvalue weighted by atomic mass is 9.97. The van der Waals surface area contributed by atoms with Crippen molar-refractivity contribution in [2.24, 2.45) is 5.92 Å². The largest absolute Gasteiger partial charge is 0.396 e. The minimum Gasteiger partial charge on any atom is -0.396 e. The maximum absolute atomic E-state index is 9.33. The van der Waals surface area contributed by atoms with Gasteiger partial charge in [0, 0.05) is 31.9 Å². The molecule has 1 atom stereocenters. The van der Waals surface area contributed by atoms with Gasteiger partial charge in [-0.2, -0.15) is 0 Å². The summed E-state index contributed by atoms with van der Waals surface area (Å²) < 4.78 is 0. The predicted molar refractivity (Wildman–Crippen MR) is 75.8 cm³/mol. The lowest BCUT2D eigenvalue weighted by Gasteiger charge is -2.35. The Morgan fingerprint density at radius 2 is 2.22 bits per heavy atom. The van der Waals surface area contributed by atoms with Crippen LogP contribution < -0.4 is 10.2 Å². The van der Waals surface area contributed by atoms with Crippen molar-refractivity contribution in [2.75, 3.05) is 31.1 Å². The molecule has 3 nitrogen and oxygen atoms in total. The molecular weight excluding hydrogens is 224 g/mol. The first kappa shape index (κ1) is 13.4. The molecule has 3 heteroatoms. The Morgan fingerprint density at radius 3 is 3.00 bits per heavy atom.